The second kappa shape index (κ2) is 7.74. The molecular weight excluding hydrogens is 335 g/mol. The van der Waals surface area contributed by atoms with E-state index in [1.807, 2.05) is 18.7 Å². The van der Waals surface area contributed by atoms with Gasteiger partial charge in [0, 0.05) is 18.2 Å². The van der Waals surface area contributed by atoms with E-state index in [4.69, 9.17) is 4.74 Å². The van der Waals surface area contributed by atoms with Gasteiger partial charge >= 0.3 is 0 Å². The predicted octanol–water partition coefficient (Wildman–Crippen LogP) is 2.99. The number of hydrogen-bond acceptors (Lipinski definition) is 3. The van der Waals surface area contributed by atoms with Gasteiger partial charge < -0.3 is 14.5 Å². The van der Waals surface area contributed by atoms with Crippen molar-refractivity contribution in [2.24, 2.45) is 5.92 Å². The number of piperidine rings is 1. The Balaban J connectivity index is 1.78. The van der Waals surface area contributed by atoms with Crippen LogP contribution in [0.2, 0.25) is 0 Å². The van der Waals surface area contributed by atoms with E-state index in [2.05, 4.69) is 0 Å². The van der Waals surface area contributed by atoms with Gasteiger partial charge in [-0.1, -0.05) is 19.9 Å². The van der Waals surface area contributed by atoms with Gasteiger partial charge in [0.2, 0.25) is 5.91 Å². The van der Waals surface area contributed by atoms with Crippen molar-refractivity contribution in [3.63, 3.8) is 0 Å². The highest BCUT2D eigenvalue weighted by Gasteiger charge is 2.45. The van der Waals surface area contributed by atoms with Gasteiger partial charge in [0.15, 0.2) is 0 Å². The number of anilines is 1. The second-order valence-electron chi connectivity index (χ2n) is 7.31. The molecule has 142 valence electrons. The van der Waals surface area contributed by atoms with Crippen LogP contribution in [-0.2, 0) is 14.3 Å². The smallest absolute Gasteiger partial charge is 0.253 e. The Morgan fingerprint density at radius 1 is 1.31 bits per heavy atom. The molecule has 0 N–H and O–H groups in total. The van der Waals surface area contributed by atoms with Crippen molar-refractivity contribution in [3.8, 4) is 0 Å². The lowest BCUT2D eigenvalue weighted by Gasteiger charge is -2.48. The first-order valence-corrected chi connectivity index (χ1v) is 9.46. The van der Waals surface area contributed by atoms with Crippen LogP contribution in [0.5, 0.6) is 0 Å². The molecule has 2 amide bonds. The Kier molecular flexibility index (Phi) is 5.61. The van der Waals surface area contributed by atoms with Crippen LogP contribution in [0.25, 0.3) is 0 Å². The summed E-state index contributed by atoms with van der Waals surface area (Å²) in [5, 5.41) is 0. The van der Waals surface area contributed by atoms with E-state index in [1.54, 1.807) is 17.0 Å². The number of rotatable bonds is 4. The second-order valence-corrected chi connectivity index (χ2v) is 7.31. The zero-order valence-electron chi connectivity index (χ0n) is 15.5. The molecule has 3 rings (SSSR count). The number of likely N-dealkylation sites (tertiary alicyclic amines) is 1. The maximum Gasteiger partial charge on any atom is 0.253 e. The van der Waals surface area contributed by atoms with E-state index in [0.717, 1.165) is 32.2 Å². The molecular formula is C20H27FN2O3. The van der Waals surface area contributed by atoms with E-state index in [0.29, 0.717) is 18.8 Å². The zero-order chi connectivity index (χ0) is 18.7. The van der Waals surface area contributed by atoms with Gasteiger partial charge in [-0.05, 0) is 43.9 Å². The summed E-state index contributed by atoms with van der Waals surface area (Å²) >= 11 is 0. The third kappa shape index (κ3) is 3.75. The summed E-state index contributed by atoms with van der Waals surface area (Å²) in [6, 6.07) is 6.06. The molecule has 2 fully saturated rings. The Bertz CT molecular complexity index is 677. The minimum absolute atomic E-state index is 0.0368. The van der Waals surface area contributed by atoms with E-state index in [9.17, 15) is 14.0 Å². The highest BCUT2D eigenvalue weighted by atomic mass is 19.1. The largest absolute Gasteiger partial charge is 0.361 e. The van der Waals surface area contributed by atoms with Crippen LogP contribution in [0.4, 0.5) is 10.1 Å². The molecule has 0 aliphatic carbocycles. The molecule has 1 unspecified atom stereocenters. The SMILES string of the molecule is CCC(CC)C(=O)N1CCCC2(C1)CN(c1cccc(F)c1)C(=O)CO2. The van der Waals surface area contributed by atoms with Crippen molar-refractivity contribution >= 4 is 17.5 Å². The fourth-order valence-electron chi connectivity index (χ4n) is 4.02. The normalized spacial score (nSPS) is 23.8. The minimum atomic E-state index is -0.569. The van der Waals surface area contributed by atoms with Gasteiger partial charge in [-0.25, -0.2) is 4.39 Å². The summed E-state index contributed by atoms with van der Waals surface area (Å²) in [5.74, 6) is -0.337. The van der Waals surface area contributed by atoms with Crippen LogP contribution in [0, 0.1) is 11.7 Å². The molecule has 1 atom stereocenters. The average molecular weight is 362 g/mol. The number of nitrogens with zero attached hydrogens (tertiary/aromatic N) is 2. The fourth-order valence-corrected chi connectivity index (χ4v) is 4.02. The first kappa shape index (κ1) is 18.8. The monoisotopic (exact) mass is 362 g/mol. The Morgan fingerprint density at radius 2 is 2.08 bits per heavy atom. The van der Waals surface area contributed by atoms with E-state index < -0.39 is 5.60 Å². The molecule has 1 spiro atoms. The molecule has 0 saturated carbocycles. The number of morpholine rings is 1. The molecule has 1 aromatic carbocycles. The van der Waals surface area contributed by atoms with Gasteiger partial charge in [0.05, 0.1) is 13.1 Å². The van der Waals surface area contributed by atoms with E-state index in [-0.39, 0.29) is 30.2 Å². The van der Waals surface area contributed by atoms with Crippen LogP contribution in [-0.4, -0.2) is 48.6 Å². The molecule has 5 nitrogen and oxygen atoms in total. The highest BCUT2D eigenvalue weighted by molar-refractivity contribution is 5.95. The lowest BCUT2D eigenvalue weighted by molar-refractivity contribution is -0.155. The molecule has 26 heavy (non-hydrogen) atoms. The number of benzene rings is 1. The van der Waals surface area contributed by atoms with Crippen molar-refractivity contribution < 1.29 is 18.7 Å². The van der Waals surface area contributed by atoms with Crippen LogP contribution in [0.3, 0.4) is 0 Å². The van der Waals surface area contributed by atoms with Crippen molar-refractivity contribution in [3.05, 3.63) is 30.1 Å². The molecule has 2 aliphatic heterocycles. The quantitative estimate of drug-likeness (QED) is 0.827. The van der Waals surface area contributed by atoms with Gasteiger partial charge in [-0.2, -0.15) is 0 Å². The van der Waals surface area contributed by atoms with Crippen molar-refractivity contribution in [1.29, 1.82) is 0 Å². The summed E-state index contributed by atoms with van der Waals surface area (Å²) in [6.07, 6.45) is 3.29. The van der Waals surface area contributed by atoms with Crippen LogP contribution in [0.1, 0.15) is 39.5 Å². The lowest BCUT2D eigenvalue weighted by atomic mass is 9.89. The van der Waals surface area contributed by atoms with Gasteiger partial charge in [-0.3, -0.25) is 9.59 Å². The van der Waals surface area contributed by atoms with Crippen molar-refractivity contribution in [1.82, 2.24) is 4.90 Å². The summed E-state index contributed by atoms with van der Waals surface area (Å²) in [6.45, 7) is 5.60. The summed E-state index contributed by atoms with van der Waals surface area (Å²) in [4.78, 5) is 28.6. The summed E-state index contributed by atoms with van der Waals surface area (Å²) < 4.78 is 19.5. The minimum Gasteiger partial charge on any atom is -0.361 e. The third-order valence-corrected chi connectivity index (χ3v) is 5.55. The first-order valence-electron chi connectivity index (χ1n) is 9.46. The number of ether oxygens (including phenoxy) is 1. The molecule has 2 saturated heterocycles. The number of halogens is 1. The summed E-state index contributed by atoms with van der Waals surface area (Å²) in [7, 11) is 0. The van der Waals surface area contributed by atoms with Crippen molar-refractivity contribution in [2.75, 3.05) is 31.1 Å². The zero-order valence-corrected chi connectivity index (χ0v) is 15.5. The number of carbonyl (C=O) groups is 2. The lowest BCUT2D eigenvalue weighted by Crippen LogP contribution is -2.62. The number of hydrogen-bond donors (Lipinski definition) is 0. The molecule has 1 aromatic rings. The van der Waals surface area contributed by atoms with Gasteiger partial charge in [0.1, 0.15) is 18.0 Å². The number of amides is 2. The molecule has 0 bridgehead atoms. The topological polar surface area (TPSA) is 49.9 Å². The summed E-state index contributed by atoms with van der Waals surface area (Å²) in [5.41, 5.74) is -0.0266. The van der Waals surface area contributed by atoms with Crippen LogP contribution in [0.15, 0.2) is 24.3 Å². The van der Waals surface area contributed by atoms with E-state index in [1.165, 1.54) is 12.1 Å². The van der Waals surface area contributed by atoms with E-state index >= 15 is 0 Å². The first-order chi connectivity index (χ1) is 12.5. The fraction of sp³-hybridized carbons (Fsp3) is 0.600. The molecule has 0 aromatic heterocycles. The highest BCUT2D eigenvalue weighted by Crippen LogP contribution is 2.32. The van der Waals surface area contributed by atoms with Crippen LogP contribution >= 0.6 is 0 Å². The van der Waals surface area contributed by atoms with Gasteiger partial charge in [0.25, 0.3) is 5.91 Å². The maximum absolute atomic E-state index is 13.6. The average Bonchev–Trinajstić information content (AvgIpc) is 2.65. The molecule has 2 aliphatic rings. The molecule has 6 heteroatoms. The predicted molar refractivity (Wildman–Crippen MR) is 97.3 cm³/mol. The molecule has 0 radical (unpaired) electrons. The Morgan fingerprint density at radius 3 is 2.77 bits per heavy atom. The van der Waals surface area contributed by atoms with Crippen LogP contribution < -0.4 is 4.90 Å². The standard InChI is InChI=1S/C20H27FN2O3/c1-3-15(4-2)19(25)22-10-6-9-20(13-22)14-23(18(24)12-26-20)17-8-5-7-16(21)11-17/h5,7-8,11,15H,3-4,6,9-10,12-14H2,1-2H3. The maximum atomic E-state index is 13.6. The molecule has 2 heterocycles. The third-order valence-electron chi connectivity index (χ3n) is 5.55. The van der Waals surface area contributed by atoms with Crippen molar-refractivity contribution in [2.45, 2.75) is 45.1 Å². The van der Waals surface area contributed by atoms with Gasteiger partial charge in [-0.15, -0.1) is 0 Å². The Hall–Kier alpha value is -1.95. The Labute approximate surface area is 154 Å². The number of carbonyl (C=O) groups excluding carboxylic acids is 2.